The van der Waals surface area contributed by atoms with Gasteiger partial charge in [-0.15, -0.1) is 0 Å². The Balaban J connectivity index is 1.84. The lowest BCUT2D eigenvalue weighted by molar-refractivity contribution is 0.256. The fourth-order valence-corrected chi connectivity index (χ4v) is 2.75. The van der Waals surface area contributed by atoms with Gasteiger partial charge in [0.05, 0.1) is 10.7 Å². The third-order valence-electron chi connectivity index (χ3n) is 3.71. The van der Waals surface area contributed by atoms with E-state index in [0.29, 0.717) is 18.7 Å². The van der Waals surface area contributed by atoms with E-state index in [-0.39, 0.29) is 17.1 Å². The average Bonchev–Trinajstić information content (AvgIpc) is 2.51. The van der Waals surface area contributed by atoms with Crippen LogP contribution in [0.2, 0.25) is 5.02 Å². The first-order valence-electron chi connectivity index (χ1n) is 6.94. The Morgan fingerprint density at radius 3 is 2.86 bits per heavy atom. The van der Waals surface area contributed by atoms with Gasteiger partial charge in [0.2, 0.25) is 0 Å². The van der Waals surface area contributed by atoms with Crippen LogP contribution >= 0.6 is 11.6 Å². The van der Waals surface area contributed by atoms with Crippen LogP contribution in [0.25, 0.3) is 0 Å². The Morgan fingerprint density at radius 1 is 1.32 bits per heavy atom. The molecule has 4 nitrogen and oxygen atoms in total. The van der Waals surface area contributed by atoms with Crippen LogP contribution in [0.4, 0.5) is 20.6 Å². The number of hydrogen-bond donors (Lipinski definition) is 2. The number of halogens is 2. The summed E-state index contributed by atoms with van der Waals surface area (Å²) in [6, 6.07) is 11.3. The third-order valence-corrected chi connectivity index (χ3v) is 4.00. The van der Waals surface area contributed by atoms with E-state index in [1.54, 1.807) is 4.90 Å². The molecular formula is C16H15ClFN3O. The first kappa shape index (κ1) is 14.8. The molecule has 22 heavy (non-hydrogen) atoms. The van der Waals surface area contributed by atoms with Crippen LogP contribution in [0, 0.1) is 5.82 Å². The fourth-order valence-electron chi connectivity index (χ4n) is 2.57. The standard InChI is InChI=1S/C16H15ClFN3O/c17-12-9-10(5-6-13(12)18)20-16(22)21-8-7-14(19)11-3-1-2-4-15(11)21/h1-6,9,14H,7-8,19H2,(H,20,22). The van der Waals surface area contributed by atoms with Crippen molar-refractivity contribution in [1.29, 1.82) is 0 Å². The van der Waals surface area contributed by atoms with E-state index >= 15 is 0 Å². The summed E-state index contributed by atoms with van der Waals surface area (Å²) in [7, 11) is 0. The van der Waals surface area contributed by atoms with Gasteiger partial charge in [0.15, 0.2) is 0 Å². The molecule has 1 unspecified atom stereocenters. The van der Waals surface area contributed by atoms with Gasteiger partial charge in [0, 0.05) is 18.3 Å². The molecule has 1 heterocycles. The summed E-state index contributed by atoms with van der Waals surface area (Å²) in [5, 5.41) is 2.70. The predicted molar refractivity (Wildman–Crippen MR) is 85.8 cm³/mol. The fraction of sp³-hybridized carbons (Fsp3) is 0.188. The molecule has 0 saturated carbocycles. The molecule has 0 saturated heterocycles. The summed E-state index contributed by atoms with van der Waals surface area (Å²) in [4.78, 5) is 14.1. The van der Waals surface area contributed by atoms with Gasteiger partial charge in [-0.2, -0.15) is 0 Å². The van der Waals surface area contributed by atoms with Crippen molar-refractivity contribution in [3.8, 4) is 0 Å². The van der Waals surface area contributed by atoms with Crippen LogP contribution < -0.4 is 16.0 Å². The molecule has 3 N–H and O–H groups in total. The summed E-state index contributed by atoms with van der Waals surface area (Å²) in [6.45, 7) is 0.527. The molecule has 2 aromatic carbocycles. The van der Waals surface area contributed by atoms with E-state index in [1.807, 2.05) is 24.3 Å². The highest BCUT2D eigenvalue weighted by Gasteiger charge is 2.26. The van der Waals surface area contributed by atoms with E-state index in [4.69, 9.17) is 17.3 Å². The number of carbonyl (C=O) groups excluding carboxylic acids is 1. The molecule has 114 valence electrons. The van der Waals surface area contributed by atoms with Crippen LogP contribution in [-0.2, 0) is 0 Å². The quantitative estimate of drug-likeness (QED) is 0.837. The van der Waals surface area contributed by atoms with E-state index in [0.717, 1.165) is 11.3 Å². The van der Waals surface area contributed by atoms with Crippen LogP contribution in [0.15, 0.2) is 42.5 Å². The lowest BCUT2D eigenvalue weighted by atomic mass is 9.97. The molecule has 6 heteroatoms. The predicted octanol–water partition coefficient (Wildman–Crippen LogP) is 3.92. The average molecular weight is 320 g/mol. The Kier molecular flexibility index (Phi) is 4.00. The molecule has 1 aliphatic rings. The van der Waals surface area contributed by atoms with Crippen LogP contribution in [-0.4, -0.2) is 12.6 Å². The van der Waals surface area contributed by atoms with Crippen LogP contribution in [0.1, 0.15) is 18.0 Å². The minimum atomic E-state index is -0.519. The summed E-state index contributed by atoms with van der Waals surface area (Å²) in [5.41, 5.74) is 8.27. The first-order valence-corrected chi connectivity index (χ1v) is 7.32. The first-order chi connectivity index (χ1) is 10.6. The number of carbonyl (C=O) groups is 1. The van der Waals surface area contributed by atoms with Crippen molar-refractivity contribution in [3.05, 3.63) is 58.9 Å². The Labute approximate surface area is 132 Å². The molecule has 1 atom stereocenters. The van der Waals surface area contributed by atoms with Gasteiger partial charge in [-0.25, -0.2) is 9.18 Å². The van der Waals surface area contributed by atoms with Crippen molar-refractivity contribution >= 4 is 29.0 Å². The zero-order valence-electron chi connectivity index (χ0n) is 11.7. The maximum Gasteiger partial charge on any atom is 0.326 e. The molecular weight excluding hydrogens is 305 g/mol. The molecule has 0 aliphatic carbocycles. The lowest BCUT2D eigenvalue weighted by Crippen LogP contribution is -2.40. The van der Waals surface area contributed by atoms with Gasteiger partial charge in [0.1, 0.15) is 5.82 Å². The Hall–Kier alpha value is -2.11. The molecule has 3 rings (SSSR count). The van der Waals surface area contributed by atoms with E-state index in [1.165, 1.54) is 18.2 Å². The van der Waals surface area contributed by atoms with E-state index < -0.39 is 5.82 Å². The van der Waals surface area contributed by atoms with Crippen molar-refractivity contribution in [2.45, 2.75) is 12.5 Å². The number of rotatable bonds is 1. The maximum atomic E-state index is 13.2. The van der Waals surface area contributed by atoms with Crippen LogP contribution in [0.3, 0.4) is 0 Å². The maximum absolute atomic E-state index is 13.2. The number of fused-ring (bicyclic) bond motifs is 1. The number of benzene rings is 2. The Morgan fingerprint density at radius 2 is 2.09 bits per heavy atom. The van der Waals surface area contributed by atoms with Gasteiger partial charge in [-0.05, 0) is 36.2 Å². The molecule has 2 aromatic rings. The monoisotopic (exact) mass is 319 g/mol. The SMILES string of the molecule is NC1CCN(C(=O)Nc2ccc(F)c(Cl)c2)c2ccccc21. The molecule has 0 fully saturated rings. The highest BCUT2D eigenvalue weighted by Crippen LogP contribution is 2.32. The molecule has 0 spiro atoms. The van der Waals surface area contributed by atoms with E-state index in [9.17, 15) is 9.18 Å². The summed E-state index contributed by atoms with van der Waals surface area (Å²) < 4.78 is 13.2. The normalized spacial score (nSPS) is 17.0. The topological polar surface area (TPSA) is 58.4 Å². The van der Waals surface area contributed by atoms with Crippen molar-refractivity contribution in [3.63, 3.8) is 0 Å². The second-order valence-corrected chi connectivity index (χ2v) is 5.57. The van der Waals surface area contributed by atoms with Gasteiger partial charge in [0.25, 0.3) is 0 Å². The highest BCUT2D eigenvalue weighted by molar-refractivity contribution is 6.31. The molecule has 0 aromatic heterocycles. The summed E-state index contributed by atoms with van der Waals surface area (Å²) in [5.74, 6) is -0.519. The van der Waals surface area contributed by atoms with Crippen molar-refractivity contribution in [1.82, 2.24) is 0 Å². The molecule has 2 amide bonds. The van der Waals surface area contributed by atoms with Gasteiger partial charge >= 0.3 is 6.03 Å². The summed E-state index contributed by atoms with van der Waals surface area (Å²) >= 11 is 5.73. The lowest BCUT2D eigenvalue weighted by Gasteiger charge is -2.32. The van der Waals surface area contributed by atoms with Crippen molar-refractivity contribution in [2.24, 2.45) is 5.73 Å². The number of hydrogen-bond acceptors (Lipinski definition) is 2. The molecule has 0 radical (unpaired) electrons. The minimum Gasteiger partial charge on any atom is -0.324 e. The number of nitrogens with one attached hydrogen (secondary N) is 1. The van der Waals surface area contributed by atoms with Gasteiger partial charge in [-0.1, -0.05) is 29.8 Å². The van der Waals surface area contributed by atoms with Crippen LogP contribution in [0.5, 0.6) is 0 Å². The number of amides is 2. The van der Waals surface area contributed by atoms with Gasteiger partial charge in [-0.3, -0.25) is 4.90 Å². The highest BCUT2D eigenvalue weighted by atomic mass is 35.5. The van der Waals surface area contributed by atoms with E-state index in [2.05, 4.69) is 5.32 Å². The zero-order valence-corrected chi connectivity index (χ0v) is 12.5. The largest absolute Gasteiger partial charge is 0.326 e. The zero-order chi connectivity index (χ0) is 15.7. The third kappa shape index (κ3) is 2.77. The smallest absolute Gasteiger partial charge is 0.324 e. The summed E-state index contributed by atoms with van der Waals surface area (Å²) in [6.07, 6.45) is 0.689. The number of nitrogens with zero attached hydrogens (tertiary/aromatic N) is 1. The van der Waals surface area contributed by atoms with Crippen molar-refractivity contribution in [2.75, 3.05) is 16.8 Å². The number of para-hydroxylation sites is 1. The van der Waals surface area contributed by atoms with Crippen molar-refractivity contribution < 1.29 is 9.18 Å². The second-order valence-electron chi connectivity index (χ2n) is 5.16. The minimum absolute atomic E-state index is 0.0288. The second kappa shape index (κ2) is 5.94. The molecule has 0 bridgehead atoms. The number of anilines is 2. The molecule has 1 aliphatic heterocycles. The number of urea groups is 1. The number of nitrogens with two attached hydrogens (primary N) is 1. The Bertz CT molecular complexity index is 722. The van der Waals surface area contributed by atoms with Gasteiger partial charge < -0.3 is 11.1 Å².